The van der Waals surface area contributed by atoms with Crippen LogP contribution in [0, 0.1) is 11.8 Å². The zero-order chi connectivity index (χ0) is 17.2. The summed E-state index contributed by atoms with van der Waals surface area (Å²) < 4.78 is 0. The van der Waals surface area contributed by atoms with E-state index in [-0.39, 0.29) is 6.10 Å². The molecule has 0 unspecified atom stereocenters. The van der Waals surface area contributed by atoms with Crippen LogP contribution in [0.15, 0.2) is 30.3 Å². The molecular weight excluding hydrogens is 312 g/mol. The number of piperidine rings is 3. The van der Waals surface area contributed by atoms with Crippen LogP contribution in [-0.2, 0) is 0 Å². The summed E-state index contributed by atoms with van der Waals surface area (Å²) in [5.41, 5.74) is 1.02. The molecule has 0 amide bonds. The molecule has 0 aliphatic carbocycles. The van der Waals surface area contributed by atoms with Gasteiger partial charge in [-0.3, -0.25) is 4.90 Å². The number of aliphatic hydroxyl groups excluding tert-OH is 2. The minimum absolute atomic E-state index is 0.300. The molecule has 3 saturated heterocycles. The molecule has 3 aliphatic heterocycles. The van der Waals surface area contributed by atoms with Gasteiger partial charge in [0.2, 0.25) is 0 Å². The van der Waals surface area contributed by atoms with Crippen molar-refractivity contribution in [2.45, 2.75) is 50.3 Å². The number of hydrogen-bond donors (Lipinski definition) is 2. The molecule has 4 rings (SSSR count). The lowest BCUT2D eigenvalue weighted by Gasteiger charge is -2.56. The standard InChI is InChI=1S/C21H32N2O2/c24-15-20-18-12-17(19-8-4-5-10-23(19)20)13-22(14-18)11-9-21(25)16-6-2-1-3-7-16/h1-3,6-7,17-21,24-25H,4-5,8-15H2/t17-,18+,19+,20+,21-/m1/s1. The smallest absolute Gasteiger partial charge is 0.0802 e. The van der Waals surface area contributed by atoms with E-state index < -0.39 is 0 Å². The predicted octanol–water partition coefficient (Wildman–Crippen LogP) is 2.28. The third-order valence-corrected chi connectivity index (χ3v) is 6.79. The van der Waals surface area contributed by atoms with Crippen LogP contribution in [0.4, 0.5) is 0 Å². The second-order valence-electron chi connectivity index (χ2n) is 8.28. The maximum Gasteiger partial charge on any atom is 0.0802 e. The van der Waals surface area contributed by atoms with Gasteiger partial charge in [-0.05, 0) is 49.6 Å². The van der Waals surface area contributed by atoms with Crippen molar-refractivity contribution in [3.8, 4) is 0 Å². The molecule has 3 heterocycles. The van der Waals surface area contributed by atoms with Gasteiger partial charge in [0.05, 0.1) is 12.7 Å². The van der Waals surface area contributed by atoms with E-state index in [0.717, 1.165) is 37.5 Å². The molecule has 3 fully saturated rings. The van der Waals surface area contributed by atoms with Gasteiger partial charge in [-0.15, -0.1) is 0 Å². The fourth-order valence-corrected chi connectivity index (χ4v) is 5.59. The maximum absolute atomic E-state index is 10.5. The monoisotopic (exact) mass is 344 g/mol. The molecule has 0 saturated carbocycles. The fourth-order valence-electron chi connectivity index (χ4n) is 5.59. The van der Waals surface area contributed by atoms with Gasteiger partial charge >= 0.3 is 0 Å². The molecule has 1 aromatic carbocycles. The second-order valence-corrected chi connectivity index (χ2v) is 8.28. The normalized spacial score (nSPS) is 34.5. The molecule has 25 heavy (non-hydrogen) atoms. The Labute approximate surface area is 151 Å². The number of aliphatic hydroxyl groups is 2. The van der Waals surface area contributed by atoms with Crippen molar-refractivity contribution in [1.29, 1.82) is 0 Å². The van der Waals surface area contributed by atoms with E-state index in [9.17, 15) is 10.2 Å². The summed E-state index contributed by atoms with van der Waals surface area (Å²) >= 11 is 0. The fraction of sp³-hybridized carbons (Fsp3) is 0.714. The number of benzene rings is 1. The van der Waals surface area contributed by atoms with E-state index in [1.165, 1.54) is 32.2 Å². The summed E-state index contributed by atoms with van der Waals surface area (Å²) in [6, 6.07) is 11.0. The first-order valence-corrected chi connectivity index (χ1v) is 10.1. The first-order valence-electron chi connectivity index (χ1n) is 10.1. The molecule has 0 aromatic heterocycles. The predicted molar refractivity (Wildman–Crippen MR) is 99.3 cm³/mol. The van der Waals surface area contributed by atoms with Gasteiger partial charge in [0.15, 0.2) is 0 Å². The van der Waals surface area contributed by atoms with Crippen LogP contribution in [0.1, 0.15) is 43.8 Å². The highest BCUT2D eigenvalue weighted by Gasteiger charge is 2.46. The largest absolute Gasteiger partial charge is 0.395 e. The van der Waals surface area contributed by atoms with Crippen molar-refractivity contribution in [2.24, 2.45) is 11.8 Å². The summed E-state index contributed by atoms with van der Waals surface area (Å²) in [4.78, 5) is 5.19. The molecule has 138 valence electrons. The van der Waals surface area contributed by atoms with Crippen LogP contribution in [0.3, 0.4) is 0 Å². The summed E-state index contributed by atoms with van der Waals surface area (Å²) in [6.07, 6.45) is 5.63. The third kappa shape index (κ3) is 3.63. The van der Waals surface area contributed by atoms with Crippen molar-refractivity contribution in [3.63, 3.8) is 0 Å². The van der Waals surface area contributed by atoms with E-state index in [4.69, 9.17) is 0 Å². The quantitative estimate of drug-likeness (QED) is 0.860. The number of rotatable bonds is 5. The van der Waals surface area contributed by atoms with Crippen molar-refractivity contribution in [1.82, 2.24) is 9.80 Å². The Hall–Kier alpha value is -0.940. The Balaban J connectivity index is 1.38. The number of nitrogens with zero attached hydrogens (tertiary/aromatic N) is 2. The van der Waals surface area contributed by atoms with Crippen LogP contribution in [0.5, 0.6) is 0 Å². The Morgan fingerprint density at radius 2 is 1.88 bits per heavy atom. The van der Waals surface area contributed by atoms with Crippen LogP contribution in [0.2, 0.25) is 0 Å². The second kappa shape index (κ2) is 7.75. The van der Waals surface area contributed by atoms with Gasteiger partial charge in [0.25, 0.3) is 0 Å². The lowest BCUT2D eigenvalue weighted by molar-refractivity contribution is -0.0871. The first kappa shape index (κ1) is 17.5. The summed E-state index contributed by atoms with van der Waals surface area (Å²) in [5, 5.41) is 20.5. The number of fused-ring (bicyclic) bond motifs is 4. The molecule has 1 aromatic rings. The Kier molecular flexibility index (Phi) is 5.41. The lowest BCUT2D eigenvalue weighted by Crippen LogP contribution is -2.64. The zero-order valence-corrected chi connectivity index (χ0v) is 15.1. The van der Waals surface area contributed by atoms with Gasteiger partial charge < -0.3 is 15.1 Å². The SMILES string of the molecule is OC[C@H]1[C@H]2C[C@H](CN(CC[C@@H](O)c3ccccc3)C2)[C@@H]2CCCCN12. The van der Waals surface area contributed by atoms with Crippen molar-refractivity contribution in [2.75, 3.05) is 32.8 Å². The molecule has 2 bridgehead atoms. The molecule has 0 spiro atoms. The van der Waals surface area contributed by atoms with Crippen LogP contribution >= 0.6 is 0 Å². The van der Waals surface area contributed by atoms with Gasteiger partial charge in [0, 0.05) is 31.7 Å². The van der Waals surface area contributed by atoms with E-state index in [2.05, 4.69) is 9.80 Å². The molecule has 4 nitrogen and oxygen atoms in total. The van der Waals surface area contributed by atoms with Gasteiger partial charge in [-0.1, -0.05) is 36.8 Å². The topological polar surface area (TPSA) is 46.9 Å². The molecule has 4 heteroatoms. The van der Waals surface area contributed by atoms with Gasteiger partial charge in [-0.2, -0.15) is 0 Å². The molecule has 0 radical (unpaired) electrons. The molecular formula is C21H32N2O2. The summed E-state index contributed by atoms with van der Waals surface area (Å²) in [5.74, 6) is 1.34. The van der Waals surface area contributed by atoms with Gasteiger partial charge in [-0.25, -0.2) is 0 Å². The maximum atomic E-state index is 10.5. The van der Waals surface area contributed by atoms with Crippen molar-refractivity contribution < 1.29 is 10.2 Å². The number of likely N-dealkylation sites (tertiary alicyclic amines) is 1. The zero-order valence-electron chi connectivity index (χ0n) is 15.1. The highest BCUT2D eigenvalue weighted by atomic mass is 16.3. The Morgan fingerprint density at radius 1 is 1.08 bits per heavy atom. The summed E-state index contributed by atoms with van der Waals surface area (Å²) in [6.45, 7) is 4.67. The van der Waals surface area contributed by atoms with Crippen LogP contribution in [-0.4, -0.2) is 64.9 Å². The summed E-state index contributed by atoms with van der Waals surface area (Å²) in [7, 11) is 0. The van der Waals surface area contributed by atoms with Gasteiger partial charge in [0.1, 0.15) is 0 Å². The third-order valence-electron chi connectivity index (χ3n) is 6.79. The van der Waals surface area contributed by atoms with E-state index in [0.29, 0.717) is 24.6 Å². The lowest BCUT2D eigenvalue weighted by atomic mass is 9.72. The first-order chi connectivity index (χ1) is 12.3. The van der Waals surface area contributed by atoms with Crippen LogP contribution < -0.4 is 0 Å². The molecule has 5 atom stereocenters. The average molecular weight is 344 g/mol. The highest BCUT2D eigenvalue weighted by molar-refractivity contribution is 5.17. The average Bonchev–Trinajstić information content (AvgIpc) is 2.67. The minimum atomic E-state index is -0.372. The highest BCUT2D eigenvalue weighted by Crippen LogP contribution is 2.41. The Morgan fingerprint density at radius 3 is 2.68 bits per heavy atom. The van der Waals surface area contributed by atoms with E-state index in [1.54, 1.807) is 0 Å². The van der Waals surface area contributed by atoms with E-state index in [1.807, 2.05) is 30.3 Å². The van der Waals surface area contributed by atoms with Crippen molar-refractivity contribution in [3.05, 3.63) is 35.9 Å². The molecule has 2 N–H and O–H groups in total. The minimum Gasteiger partial charge on any atom is -0.395 e. The number of hydrogen-bond acceptors (Lipinski definition) is 4. The molecule has 3 aliphatic rings. The van der Waals surface area contributed by atoms with E-state index >= 15 is 0 Å². The van der Waals surface area contributed by atoms with Crippen LogP contribution in [0.25, 0.3) is 0 Å². The Bertz CT molecular complexity index is 538. The van der Waals surface area contributed by atoms with Crippen molar-refractivity contribution >= 4 is 0 Å².